The Bertz CT molecular complexity index is 759. The Kier molecular flexibility index (Phi) is 5.74. The predicted octanol–water partition coefficient (Wildman–Crippen LogP) is 2.62. The van der Waals surface area contributed by atoms with Crippen molar-refractivity contribution < 1.29 is 13.2 Å². The van der Waals surface area contributed by atoms with Crippen LogP contribution in [0, 0.1) is 13.8 Å². The number of hydrogen-bond donors (Lipinski definition) is 1. The van der Waals surface area contributed by atoms with Gasteiger partial charge in [0.05, 0.1) is 7.11 Å². The molecule has 6 heteroatoms. The van der Waals surface area contributed by atoms with Crippen LogP contribution < -0.4 is 9.46 Å². The topological polar surface area (TPSA) is 68.3 Å². The molecular formula is C17H22N2O3S. The molecule has 0 saturated heterocycles. The van der Waals surface area contributed by atoms with Crippen molar-refractivity contribution in [3.05, 3.63) is 53.3 Å². The van der Waals surface area contributed by atoms with Gasteiger partial charge in [0.15, 0.2) is 0 Å². The highest BCUT2D eigenvalue weighted by molar-refractivity contribution is 7.89. The van der Waals surface area contributed by atoms with Gasteiger partial charge < -0.3 is 4.74 Å². The second-order valence-electron chi connectivity index (χ2n) is 5.41. The Morgan fingerprint density at radius 3 is 2.57 bits per heavy atom. The number of sulfonamides is 1. The number of nitrogens with zero attached hydrogens (tertiary/aromatic N) is 1. The largest absolute Gasteiger partial charge is 0.495 e. The molecule has 0 saturated carbocycles. The van der Waals surface area contributed by atoms with Gasteiger partial charge in [-0.05, 0) is 62.1 Å². The fourth-order valence-electron chi connectivity index (χ4n) is 2.23. The molecule has 0 aliphatic heterocycles. The van der Waals surface area contributed by atoms with Gasteiger partial charge in [-0.3, -0.25) is 4.98 Å². The van der Waals surface area contributed by atoms with Gasteiger partial charge in [-0.2, -0.15) is 0 Å². The SMILES string of the molecule is COc1cc(C)c(C)cc1S(=O)(=O)NCCCc1ccccn1. The number of benzene rings is 1. The number of ether oxygens (including phenoxy) is 1. The van der Waals surface area contributed by atoms with E-state index in [1.165, 1.54) is 7.11 Å². The first-order chi connectivity index (χ1) is 10.9. The lowest BCUT2D eigenvalue weighted by molar-refractivity contribution is 0.401. The average Bonchev–Trinajstić information content (AvgIpc) is 2.54. The lowest BCUT2D eigenvalue weighted by Gasteiger charge is -2.13. The minimum absolute atomic E-state index is 0.181. The van der Waals surface area contributed by atoms with E-state index in [4.69, 9.17) is 4.74 Å². The normalized spacial score (nSPS) is 11.4. The zero-order chi connectivity index (χ0) is 16.9. The third-order valence-electron chi connectivity index (χ3n) is 3.70. The maximum atomic E-state index is 12.5. The van der Waals surface area contributed by atoms with E-state index in [1.54, 1.807) is 18.3 Å². The van der Waals surface area contributed by atoms with Gasteiger partial charge in [-0.1, -0.05) is 6.07 Å². The Hall–Kier alpha value is -1.92. The molecule has 2 rings (SSSR count). The first kappa shape index (κ1) is 17.4. The molecule has 1 N–H and O–H groups in total. The van der Waals surface area contributed by atoms with Crippen LogP contribution >= 0.6 is 0 Å². The first-order valence-corrected chi connectivity index (χ1v) is 8.97. The number of methoxy groups -OCH3 is 1. The van der Waals surface area contributed by atoms with Crippen molar-refractivity contribution in [3.63, 3.8) is 0 Å². The molecule has 0 spiro atoms. The molecule has 23 heavy (non-hydrogen) atoms. The lowest BCUT2D eigenvalue weighted by Crippen LogP contribution is -2.25. The summed E-state index contributed by atoms with van der Waals surface area (Å²) < 4.78 is 32.8. The van der Waals surface area contributed by atoms with Crippen LogP contribution in [0.3, 0.4) is 0 Å². The average molecular weight is 334 g/mol. The van der Waals surface area contributed by atoms with Crippen molar-refractivity contribution in [2.75, 3.05) is 13.7 Å². The molecular weight excluding hydrogens is 312 g/mol. The Balaban J connectivity index is 2.03. The molecule has 0 atom stereocenters. The van der Waals surface area contributed by atoms with E-state index in [0.29, 0.717) is 18.7 Å². The van der Waals surface area contributed by atoms with E-state index >= 15 is 0 Å². The first-order valence-electron chi connectivity index (χ1n) is 7.49. The van der Waals surface area contributed by atoms with Crippen LogP contribution in [0.4, 0.5) is 0 Å². The van der Waals surface area contributed by atoms with Crippen LogP contribution in [0.2, 0.25) is 0 Å². The van der Waals surface area contributed by atoms with E-state index in [1.807, 2.05) is 32.0 Å². The molecule has 0 aliphatic rings. The summed E-state index contributed by atoms with van der Waals surface area (Å²) in [6.07, 6.45) is 3.15. The molecule has 0 radical (unpaired) electrons. The molecule has 5 nitrogen and oxygen atoms in total. The van der Waals surface area contributed by atoms with E-state index in [-0.39, 0.29) is 4.90 Å². The zero-order valence-electron chi connectivity index (χ0n) is 13.7. The third-order valence-corrected chi connectivity index (χ3v) is 5.18. The standard InChI is InChI=1S/C17H22N2O3S/c1-13-11-16(22-3)17(12-14(13)2)23(20,21)19-10-6-8-15-7-4-5-9-18-15/h4-5,7,9,11-12,19H,6,8,10H2,1-3H3. The molecule has 1 aromatic heterocycles. The number of nitrogens with one attached hydrogen (secondary N) is 1. The molecule has 0 aliphatic carbocycles. The smallest absolute Gasteiger partial charge is 0.244 e. The summed E-state index contributed by atoms with van der Waals surface area (Å²) >= 11 is 0. The highest BCUT2D eigenvalue weighted by atomic mass is 32.2. The molecule has 0 unspecified atom stereocenters. The van der Waals surface area contributed by atoms with Crippen molar-refractivity contribution in [1.29, 1.82) is 0 Å². The number of aryl methyl sites for hydroxylation is 3. The summed E-state index contributed by atoms with van der Waals surface area (Å²) in [5, 5.41) is 0. The molecule has 0 fully saturated rings. The Morgan fingerprint density at radius 2 is 1.91 bits per heavy atom. The summed E-state index contributed by atoms with van der Waals surface area (Å²) in [7, 11) is -2.12. The van der Waals surface area contributed by atoms with Crippen LogP contribution in [0.5, 0.6) is 5.75 Å². The molecule has 1 aromatic carbocycles. The van der Waals surface area contributed by atoms with Gasteiger partial charge in [0.1, 0.15) is 10.6 Å². The summed E-state index contributed by atoms with van der Waals surface area (Å²) in [5.41, 5.74) is 2.87. The van der Waals surface area contributed by atoms with Crippen LogP contribution in [0.25, 0.3) is 0 Å². The lowest BCUT2D eigenvalue weighted by atomic mass is 10.1. The Labute approximate surface area is 137 Å². The highest BCUT2D eigenvalue weighted by Gasteiger charge is 2.20. The summed E-state index contributed by atoms with van der Waals surface area (Å²) in [4.78, 5) is 4.40. The Morgan fingerprint density at radius 1 is 1.17 bits per heavy atom. The quantitative estimate of drug-likeness (QED) is 0.790. The fraction of sp³-hybridized carbons (Fsp3) is 0.353. The van der Waals surface area contributed by atoms with Gasteiger partial charge in [0.25, 0.3) is 0 Å². The van der Waals surface area contributed by atoms with Gasteiger partial charge in [0.2, 0.25) is 10.0 Å². The van der Waals surface area contributed by atoms with Crippen molar-refractivity contribution in [2.45, 2.75) is 31.6 Å². The van der Waals surface area contributed by atoms with E-state index in [9.17, 15) is 8.42 Å². The van der Waals surface area contributed by atoms with Crippen LogP contribution in [0.15, 0.2) is 41.4 Å². The molecule has 2 aromatic rings. The van der Waals surface area contributed by atoms with E-state index in [0.717, 1.165) is 23.2 Å². The van der Waals surface area contributed by atoms with E-state index < -0.39 is 10.0 Å². The van der Waals surface area contributed by atoms with Crippen molar-refractivity contribution in [2.24, 2.45) is 0 Å². The van der Waals surface area contributed by atoms with Crippen molar-refractivity contribution in [1.82, 2.24) is 9.71 Å². The number of aromatic nitrogens is 1. The van der Waals surface area contributed by atoms with Gasteiger partial charge >= 0.3 is 0 Å². The maximum Gasteiger partial charge on any atom is 0.244 e. The zero-order valence-corrected chi connectivity index (χ0v) is 14.5. The second-order valence-corrected chi connectivity index (χ2v) is 7.15. The van der Waals surface area contributed by atoms with Crippen LogP contribution in [-0.4, -0.2) is 27.1 Å². The molecule has 124 valence electrons. The number of hydrogen-bond acceptors (Lipinski definition) is 4. The van der Waals surface area contributed by atoms with Gasteiger partial charge in [0, 0.05) is 18.4 Å². The fourth-order valence-corrected chi connectivity index (χ4v) is 3.54. The summed E-state index contributed by atoms with van der Waals surface area (Å²) in [6, 6.07) is 9.11. The van der Waals surface area contributed by atoms with Crippen LogP contribution in [0.1, 0.15) is 23.2 Å². The summed E-state index contributed by atoms with van der Waals surface area (Å²) in [6.45, 7) is 4.17. The molecule has 0 bridgehead atoms. The summed E-state index contributed by atoms with van der Waals surface area (Å²) in [5.74, 6) is 0.366. The molecule has 0 amide bonds. The van der Waals surface area contributed by atoms with Crippen LogP contribution in [-0.2, 0) is 16.4 Å². The second kappa shape index (κ2) is 7.57. The number of pyridine rings is 1. The third kappa shape index (κ3) is 4.53. The minimum atomic E-state index is -3.59. The minimum Gasteiger partial charge on any atom is -0.495 e. The predicted molar refractivity (Wildman–Crippen MR) is 90.2 cm³/mol. The molecule has 1 heterocycles. The van der Waals surface area contributed by atoms with E-state index in [2.05, 4.69) is 9.71 Å². The monoisotopic (exact) mass is 334 g/mol. The van der Waals surface area contributed by atoms with Gasteiger partial charge in [-0.15, -0.1) is 0 Å². The van der Waals surface area contributed by atoms with Crippen molar-refractivity contribution in [3.8, 4) is 5.75 Å². The van der Waals surface area contributed by atoms with Gasteiger partial charge in [-0.25, -0.2) is 13.1 Å². The van der Waals surface area contributed by atoms with Crippen molar-refractivity contribution >= 4 is 10.0 Å². The number of rotatable bonds is 7. The highest BCUT2D eigenvalue weighted by Crippen LogP contribution is 2.27. The maximum absolute atomic E-state index is 12.5.